The minimum Gasteiger partial charge on any atom is -0.382 e. The van der Waals surface area contributed by atoms with E-state index in [2.05, 4.69) is 21.1 Å². The van der Waals surface area contributed by atoms with Crippen LogP contribution in [0.25, 0.3) is 0 Å². The van der Waals surface area contributed by atoms with Gasteiger partial charge in [-0.25, -0.2) is 0 Å². The van der Waals surface area contributed by atoms with E-state index in [0.29, 0.717) is 45.6 Å². The molecule has 0 bridgehead atoms. The van der Waals surface area contributed by atoms with Crippen LogP contribution in [0.3, 0.4) is 0 Å². The number of hydrogen-bond acceptors (Lipinski definition) is 5. The van der Waals surface area contributed by atoms with Gasteiger partial charge < -0.3 is 19.2 Å². The average Bonchev–Trinajstić information content (AvgIpc) is 3.25. The van der Waals surface area contributed by atoms with Gasteiger partial charge in [-0.15, -0.1) is 0 Å². The zero-order valence-electron chi connectivity index (χ0n) is 13.2. The van der Waals surface area contributed by atoms with E-state index in [9.17, 15) is 4.79 Å². The summed E-state index contributed by atoms with van der Waals surface area (Å²) in [4.78, 5) is 19.9. The Balaban J connectivity index is 1.35. The van der Waals surface area contributed by atoms with Crippen LogP contribution in [0.2, 0.25) is 0 Å². The lowest BCUT2D eigenvalue weighted by Crippen LogP contribution is -2.50. The van der Waals surface area contributed by atoms with Gasteiger partial charge in [0, 0.05) is 42.4 Å². The lowest BCUT2D eigenvalue weighted by Gasteiger charge is -2.38. The number of benzene rings is 1. The Morgan fingerprint density at radius 1 is 1.25 bits per heavy atom. The molecule has 1 aromatic rings. The Hall–Kier alpha value is -1.44. The van der Waals surface area contributed by atoms with E-state index >= 15 is 0 Å². The Kier molecular flexibility index (Phi) is 4.32. The molecule has 3 heterocycles. The van der Waals surface area contributed by atoms with Gasteiger partial charge in [-0.05, 0) is 12.1 Å². The number of nitrogens with zero attached hydrogens (tertiary/aromatic N) is 2. The van der Waals surface area contributed by atoms with Gasteiger partial charge >= 0.3 is 0 Å². The largest absolute Gasteiger partial charge is 0.382 e. The Morgan fingerprint density at radius 3 is 2.71 bits per heavy atom. The van der Waals surface area contributed by atoms with Crippen LogP contribution in [0, 0.1) is 0 Å². The van der Waals surface area contributed by atoms with Gasteiger partial charge in [-0.3, -0.25) is 4.79 Å². The maximum absolute atomic E-state index is 12.7. The van der Waals surface area contributed by atoms with Crippen molar-refractivity contribution in [2.75, 3.05) is 26.3 Å². The van der Waals surface area contributed by atoms with Crippen molar-refractivity contribution < 1.29 is 19.1 Å². The highest BCUT2D eigenvalue weighted by Gasteiger charge is 2.42. The molecule has 0 radical (unpaired) electrons. The molecule has 24 heavy (non-hydrogen) atoms. The average molecular weight is 395 g/mol. The number of carbonyl (C=O) groups excluding carboxylic acids is 1. The Morgan fingerprint density at radius 2 is 2.00 bits per heavy atom. The molecule has 2 fully saturated rings. The van der Waals surface area contributed by atoms with Crippen molar-refractivity contribution in [1.82, 2.24) is 4.90 Å². The van der Waals surface area contributed by atoms with Crippen molar-refractivity contribution in [2.45, 2.75) is 31.2 Å². The molecule has 0 N–H and O–H groups in total. The molecule has 0 aromatic heterocycles. The molecule has 1 spiro atoms. The van der Waals surface area contributed by atoms with E-state index in [1.165, 1.54) is 0 Å². The highest BCUT2D eigenvalue weighted by atomic mass is 79.9. The van der Waals surface area contributed by atoms with Crippen molar-refractivity contribution in [1.29, 1.82) is 0 Å². The van der Waals surface area contributed by atoms with Crippen LogP contribution in [-0.2, 0) is 19.1 Å². The van der Waals surface area contributed by atoms with Crippen LogP contribution in [0.4, 0.5) is 0 Å². The molecular weight excluding hydrogens is 376 g/mol. The standard InChI is InChI=1S/C17H19BrN2O4/c18-13-3-1-2-12(10-13)14-11-15(24-19-14)16(21)20-6-4-17(5-7-20)22-8-9-23-17/h1-3,10,15H,4-9,11H2. The fourth-order valence-corrected chi connectivity index (χ4v) is 3.80. The zero-order chi connectivity index (χ0) is 16.6. The van der Waals surface area contributed by atoms with Crippen LogP contribution in [0.1, 0.15) is 24.8 Å². The third kappa shape index (κ3) is 3.08. The monoisotopic (exact) mass is 394 g/mol. The van der Waals surface area contributed by atoms with E-state index in [1.807, 2.05) is 29.2 Å². The maximum Gasteiger partial charge on any atom is 0.266 e. The molecule has 6 nitrogen and oxygen atoms in total. The first kappa shape index (κ1) is 16.1. The molecule has 2 saturated heterocycles. The van der Waals surface area contributed by atoms with E-state index in [4.69, 9.17) is 14.3 Å². The summed E-state index contributed by atoms with van der Waals surface area (Å²) in [5, 5.41) is 4.11. The number of rotatable bonds is 2. The molecule has 1 unspecified atom stereocenters. The number of ether oxygens (including phenoxy) is 2. The lowest BCUT2D eigenvalue weighted by atomic mass is 10.0. The first-order valence-corrected chi connectivity index (χ1v) is 9.00. The van der Waals surface area contributed by atoms with Gasteiger partial charge in [0.2, 0.25) is 6.10 Å². The smallest absolute Gasteiger partial charge is 0.266 e. The van der Waals surface area contributed by atoms with Crippen molar-refractivity contribution in [2.24, 2.45) is 5.16 Å². The zero-order valence-corrected chi connectivity index (χ0v) is 14.8. The molecule has 3 aliphatic rings. The normalized spacial score (nSPS) is 25.6. The summed E-state index contributed by atoms with van der Waals surface area (Å²) in [6.45, 7) is 2.54. The molecule has 1 amide bonds. The van der Waals surface area contributed by atoms with Gasteiger partial charge in [0.1, 0.15) is 0 Å². The third-order valence-electron chi connectivity index (χ3n) is 4.75. The molecule has 0 saturated carbocycles. The number of oxime groups is 1. The van der Waals surface area contributed by atoms with E-state index in [0.717, 1.165) is 15.7 Å². The van der Waals surface area contributed by atoms with Crippen LogP contribution in [0.15, 0.2) is 33.9 Å². The van der Waals surface area contributed by atoms with Crippen molar-refractivity contribution >= 4 is 27.5 Å². The summed E-state index contributed by atoms with van der Waals surface area (Å²) >= 11 is 3.45. The SMILES string of the molecule is O=C(C1CC(c2cccc(Br)c2)=NO1)N1CCC2(CC1)OCCO2. The minimum absolute atomic E-state index is 0.00315. The number of hydrogen-bond donors (Lipinski definition) is 0. The molecule has 7 heteroatoms. The molecule has 1 atom stereocenters. The summed E-state index contributed by atoms with van der Waals surface area (Å²) in [5.74, 6) is -0.470. The number of likely N-dealkylation sites (tertiary alicyclic amines) is 1. The fourth-order valence-electron chi connectivity index (χ4n) is 3.41. The maximum atomic E-state index is 12.7. The highest BCUT2D eigenvalue weighted by molar-refractivity contribution is 9.10. The van der Waals surface area contributed by atoms with Crippen molar-refractivity contribution in [3.8, 4) is 0 Å². The molecular formula is C17H19BrN2O4. The van der Waals surface area contributed by atoms with Gasteiger partial charge in [0.05, 0.1) is 18.9 Å². The van der Waals surface area contributed by atoms with Gasteiger partial charge in [-0.2, -0.15) is 0 Å². The number of piperidine rings is 1. The van der Waals surface area contributed by atoms with E-state index in [1.54, 1.807) is 0 Å². The summed E-state index contributed by atoms with van der Waals surface area (Å²) in [7, 11) is 0. The van der Waals surface area contributed by atoms with Crippen LogP contribution in [-0.4, -0.2) is 54.7 Å². The van der Waals surface area contributed by atoms with E-state index < -0.39 is 11.9 Å². The van der Waals surface area contributed by atoms with E-state index in [-0.39, 0.29) is 5.91 Å². The second-order valence-corrected chi connectivity index (χ2v) is 7.20. The Bertz CT molecular complexity index is 662. The first-order chi connectivity index (χ1) is 11.7. The number of halogens is 1. The molecule has 1 aromatic carbocycles. The molecule has 0 aliphatic carbocycles. The van der Waals surface area contributed by atoms with Crippen molar-refractivity contribution in [3.05, 3.63) is 34.3 Å². The second kappa shape index (κ2) is 6.46. The molecule has 128 valence electrons. The third-order valence-corrected chi connectivity index (χ3v) is 5.25. The van der Waals surface area contributed by atoms with Crippen molar-refractivity contribution in [3.63, 3.8) is 0 Å². The summed E-state index contributed by atoms with van der Waals surface area (Å²) in [6.07, 6.45) is 1.40. The number of amides is 1. The predicted octanol–water partition coefficient (Wildman–Crippen LogP) is 2.31. The summed E-state index contributed by atoms with van der Waals surface area (Å²) in [5.41, 5.74) is 1.79. The lowest BCUT2D eigenvalue weighted by molar-refractivity contribution is -0.189. The quantitative estimate of drug-likeness (QED) is 0.771. The molecule has 3 aliphatic heterocycles. The highest BCUT2D eigenvalue weighted by Crippen LogP contribution is 2.32. The van der Waals surface area contributed by atoms with Crippen LogP contribution >= 0.6 is 15.9 Å². The predicted molar refractivity (Wildman–Crippen MR) is 90.6 cm³/mol. The number of carbonyl (C=O) groups is 1. The Labute approximate surface area is 148 Å². The second-order valence-electron chi connectivity index (χ2n) is 6.28. The van der Waals surface area contributed by atoms with Crippen LogP contribution in [0.5, 0.6) is 0 Å². The summed E-state index contributed by atoms with van der Waals surface area (Å²) < 4.78 is 12.4. The van der Waals surface area contributed by atoms with Gasteiger partial charge in [0.25, 0.3) is 5.91 Å². The summed E-state index contributed by atoms with van der Waals surface area (Å²) in [6, 6.07) is 7.86. The van der Waals surface area contributed by atoms with Crippen LogP contribution < -0.4 is 0 Å². The topological polar surface area (TPSA) is 60.4 Å². The minimum atomic E-state index is -0.529. The first-order valence-electron chi connectivity index (χ1n) is 8.21. The fraction of sp³-hybridized carbons (Fsp3) is 0.529. The van der Waals surface area contributed by atoms with Gasteiger partial charge in [0.15, 0.2) is 5.79 Å². The van der Waals surface area contributed by atoms with Gasteiger partial charge in [-0.1, -0.05) is 33.2 Å². The molecule has 4 rings (SSSR count).